The smallest absolute Gasteiger partial charge is 0.254 e. The van der Waals surface area contributed by atoms with E-state index in [1.807, 2.05) is 35.2 Å². The van der Waals surface area contributed by atoms with Gasteiger partial charge >= 0.3 is 0 Å². The molecule has 4 rings (SSSR count). The van der Waals surface area contributed by atoms with E-state index >= 15 is 0 Å². The summed E-state index contributed by atoms with van der Waals surface area (Å²) in [6, 6.07) is 21.4. The quantitative estimate of drug-likeness (QED) is 0.496. The lowest BCUT2D eigenvalue weighted by molar-refractivity contribution is -0.132. The highest BCUT2D eigenvalue weighted by Gasteiger charge is 2.25. The monoisotopic (exact) mass is 471 g/mol. The predicted octanol–water partition coefficient (Wildman–Crippen LogP) is 4.04. The van der Waals surface area contributed by atoms with Crippen molar-refractivity contribution in [2.45, 2.75) is 26.7 Å². The van der Waals surface area contributed by atoms with Crippen LogP contribution in [0.1, 0.15) is 35.7 Å². The number of hydrogen-bond acceptors (Lipinski definition) is 5. The number of piperazine rings is 1. The predicted molar refractivity (Wildman–Crippen MR) is 138 cm³/mol. The SMILES string of the molecule is CCCCN(CC(=O)N1CCN(c2ccc(-c3ccc(C)cc3)nn2)CC1)C(=O)c1ccccc1. The molecule has 2 aromatic carbocycles. The number of unbranched alkanes of at least 4 members (excludes halogenated alkanes) is 1. The van der Waals surface area contributed by atoms with Crippen LogP contribution in [0, 0.1) is 6.92 Å². The van der Waals surface area contributed by atoms with Crippen LogP contribution in [0.25, 0.3) is 11.3 Å². The first-order chi connectivity index (χ1) is 17.0. The standard InChI is InChI=1S/C28H33N5O2/c1-3-4-16-33(28(35)24-8-6-5-7-9-24)21-27(34)32-19-17-31(18-20-32)26-15-14-25(29-30-26)23-12-10-22(2)11-13-23/h5-15H,3-4,16-21H2,1-2H3. The van der Waals surface area contributed by atoms with Gasteiger partial charge in [-0.05, 0) is 37.6 Å². The van der Waals surface area contributed by atoms with Crippen molar-refractivity contribution in [3.05, 3.63) is 77.9 Å². The fourth-order valence-corrected chi connectivity index (χ4v) is 4.19. The molecule has 1 aliphatic heterocycles. The van der Waals surface area contributed by atoms with E-state index in [9.17, 15) is 9.59 Å². The molecule has 35 heavy (non-hydrogen) atoms. The maximum absolute atomic E-state index is 13.1. The molecule has 1 saturated heterocycles. The van der Waals surface area contributed by atoms with Gasteiger partial charge in [-0.1, -0.05) is 61.4 Å². The van der Waals surface area contributed by atoms with Crippen LogP contribution in [0.4, 0.5) is 5.82 Å². The van der Waals surface area contributed by atoms with Crippen LogP contribution in [-0.4, -0.2) is 71.1 Å². The molecule has 7 nitrogen and oxygen atoms in total. The van der Waals surface area contributed by atoms with Crippen LogP contribution in [-0.2, 0) is 4.79 Å². The topological polar surface area (TPSA) is 69.6 Å². The molecule has 2 heterocycles. The Kier molecular flexibility index (Phi) is 8.08. The highest BCUT2D eigenvalue weighted by atomic mass is 16.2. The van der Waals surface area contributed by atoms with E-state index in [1.165, 1.54) is 5.56 Å². The van der Waals surface area contributed by atoms with E-state index in [2.05, 4.69) is 53.2 Å². The lowest BCUT2D eigenvalue weighted by Crippen LogP contribution is -2.52. The minimum absolute atomic E-state index is 0.00848. The fourth-order valence-electron chi connectivity index (χ4n) is 4.19. The number of benzene rings is 2. The van der Waals surface area contributed by atoms with Crippen molar-refractivity contribution in [1.82, 2.24) is 20.0 Å². The van der Waals surface area contributed by atoms with Crippen molar-refractivity contribution in [1.29, 1.82) is 0 Å². The highest BCUT2D eigenvalue weighted by Crippen LogP contribution is 2.20. The Bertz CT molecular complexity index is 1110. The molecule has 0 atom stereocenters. The van der Waals surface area contributed by atoms with Gasteiger partial charge in [-0.2, -0.15) is 0 Å². The first-order valence-electron chi connectivity index (χ1n) is 12.3. The molecule has 0 saturated carbocycles. The Morgan fingerprint density at radius 2 is 1.60 bits per heavy atom. The number of hydrogen-bond donors (Lipinski definition) is 0. The van der Waals surface area contributed by atoms with Crippen molar-refractivity contribution < 1.29 is 9.59 Å². The zero-order valence-corrected chi connectivity index (χ0v) is 20.6. The number of nitrogens with zero attached hydrogens (tertiary/aromatic N) is 5. The molecule has 1 aliphatic rings. The number of carbonyl (C=O) groups excluding carboxylic acids is 2. The molecule has 7 heteroatoms. The molecule has 0 N–H and O–H groups in total. The molecule has 0 unspecified atom stereocenters. The summed E-state index contributed by atoms with van der Waals surface area (Å²) in [4.78, 5) is 31.7. The normalized spacial score (nSPS) is 13.5. The molecule has 0 bridgehead atoms. The zero-order chi connectivity index (χ0) is 24.6. The summed E-state index contributed by atoms with van der Waals surface area (Å²) in [5, 5.41) is 8.84. The van der Waals surface area contributed by atoms with E-state index in [1.54, 1.807) is 17.0 Å². The summed E-state index contributed by atoms with van der Waals surface area (Å²) >= 11 is 0. The van der Waals surface area contributed by atoms with E-state index in [0.717, 1.165) is 29.9 Å². The first-order valence-corrected chi connectivity index (χ1v) is 12.3. The van der Waals surface area contributed by atoms with Crippen LogP contribution in [0.15, 0.2) is 66.7 Å². The summed E-state index contributed by atoms with van der Waals surface area (Å²) in [7, 11) is 0. The molecule has 0 spiro atoms. The van der Waals surface area contributed by atoms with Gasteiger partial charge in [0.15, 0.2) is 5.82 Å². The minimum Gasteiger partial charge on any atom is -0.352 e. The van der Waals surface area contributed by atoms with Gasteiger partial charge in [0.25, 0.3) is 5.91 Å². The third-order valence-corrected chi connectivity index (χ3v) is 6.37. The van der Waals surface area contributed by atoms with E-state index in [-0.39, 0.29) is 18.4 Å². The Hall–Kier alpha value is -3.74. The number of aromatic nitrogens is 2. The number of aryl methyl sites for hydroxylation is 1. The zero-order valence-electron chi connectivity index (χ0n) is 20.6. The number of anilines is 1. The van der Waals surface area contributed by atoms with E-state index < -0.39 is 0 Å². The Morgan fingerprint density at radius 1 is 0.886 bits per heavy atom. The Morgan fingerprint density at radius 3 is 2.23 bits per heavy atom. The van der Waals surface area contributed by atoms with Crippen molar-refractivity contribution in [3.8, 4) is 11.3 Å². The number of rotatable bonds is 8. The van der Waals surface area contributed by atoms with Gasteiger partial charge in [-0.15, -0.1) is 10.2 Å². The Balaban J connectivity index is 1.33. The van der Waals surface area contributed by atoms with Crippen LogP contribution in [0.3, 0.4) is 0 Å². The van der Waals surface area contributed by atoms with Crippen LogP contribution < -0.4 is 4.90 Å². The molecule has 0 aliphatic carbocycles. The molecular weight excluding hydrogens is 438 g/mol. The average Bonchev–Trinajstić information content (AvgIpc) is 2.91. The lowest BCUT2D eigenvalue weighted by Gasteiger charge is -2.36. The second-order valence-electron chi connectivity index (χ2n) is 8.96. The average molecular weight is 472 g/mol. The Labute approximate surface area is 207 Å². The van der Waals surface area contributed by atoms with Gasteiger partial charge in [0.05, 0.1) is 5.69 Å². The summed E-state index contributed by atoms with van der Waals surface area (Å²) in [6.07, 6.45) is 1.84. The van der Waals surface area contributed by atoms with Gasteiger partial charge in [-0.25, -0.2) is 0 Å². The van der Waals surface area contributed by atoms with Crippen molar-refractivity contribution >= 4 is 17.6 Å². The molecule has 0 radical (unpaired) electrons. The molecule has 1 fully saturated rings. The maximum atomic E-state index is 13.1. The molecule has 2 amide bonds. The van der Waals surface area contributed by atoms with Crippen molar-refractivity contribution in [2.24, 2.45) is 0 Å². The van der Waals surface area contributed by atoms with Gasteiger partial charge < -0.3 is 14.7 Å². The first kappa shape index (κ1) is 24.4. The second kappa shape index (κ2) is 11.6. The van der Waals surface area contributed by atoms with Crippen LogP contribution in [0.2, 0.25) is 0 Å². The van der Waals surface area contributed by atoms with Crippen molar-refractivity contribution in [3.63, 3.8) is 0 Å². The second-order valence-corrected chi connectivity index (χ2v) is 8.96. The van der Waals surface area contributed by atoms with E-state index in [4.69, 9.17) is 0 Å². The van der Waals surface area contributed by atoms with Gasteiger partial charge in [-0.3, -0.25) is 9.59 Å². The summed E-state index contributed by atoms with van der Waals surface area (Å²) in [6.45, 7) is 7.41. The summed E-state index contributed by atoms with van der Waals surface area (Å²) in [5.74, 6) is 0.720. The van der Waals surface area contributed by atoms with Crippen LogP contribution in [0.5, 0.6) is 0 Å². The van der Waals surface area contributed by atoms with Crippen molar-refractivity contribution in [2.75, 3.05) is 44.2 Å². The van der Waals surface area contributed by atoms with Gasteiger partial charge in [0.2, 0.25) is 5.91 Å². The molecule has 3 aromatic rings. The number of amides is 2. The molecule has 182 valence electrons. The molecular formula is C28H33N5O2. The third kappa shape index (κ3) is 6.23. The van der Waals surface area contributed by atoms with Gasteiger partial charge in [0.1, 0.15) is 6.54 Å². The van der Waals surface area contributed by atoms with Crippen LogP contribution >= 0.6 is 0 Å². The fraction of sp³-hybridized carbons (Fsp3) is 0.357. The highest BCUT2D eigenvalue weighted by molar-refractivity contribution is 5.96. The van der Waals surface area contributed by atoms with Gasteiger partial charge in [0, 0.05) is 43.9 Å². The minimum atomic E-state index is -0.0880. The maximum Gasteiger partial charge on any atom is 0.254 e. The largest absolute Gasteiger partial charge is 0.352 e. The lowest BCUT2D eigenvalue weighted by atomic mass is 10.1. The van der Waals surface area contributed by atoms with E-state index in [0.29, 0.717) is 38.3 Å². The summed E-state index contributed by atoms with van der Waals surface area (Å²) < 4.78 is 0. The molecule has 1 aromatic heterocycles. The third-order valence-electron chi connectivity index (χ3n) is 6.37. The summed E-state index contributed by atoms with van der Waals surface area (Å²) in [5.41, 5.74) is 3.72. The number of carbonyl (C=O) groups is 2.